The molecule has 0 bridgehead atoms. The monoisotopic (exact) mass is 306 g/mol. The maximum Gasteiger partial charge on any atom is -0.0292 e. The minimum Gasteiger partial charge on any atom is -0.0999 e. The lowest BCUT2D eigenvalue weighted by molar-refractivity contribution is 0.142. The fraction of sp³-hybridized carbons (Fsp3) is 0.909. The first kappa shape index (κ1) is 19.8. The van der Waals surface area contributed by atoms with E-state index in [-0.39, 0.29) is 0 Å². The molecule has 0 aromatic rings. The second-order valence-corrected chi connectivity index (χ2v) is 9.31. The molecule has 22 heavy (non-hydrogen) atoms. The van der Waals surface area contributed by atoms with E-state index in [1.165, 1.54) is 63.4 Å². The Morgan fingerprint density at radius 3 is 2.45 bits per heavy atom. The van der Waals surface area contributed by atoms with Crippen molar-refractivity contribution in [3.8, 4) is 0 Å². The van der Waals surface area contributed by atoms with Crippen LogP contribution in [-0.4, -0.2) is 0 Å². The average Bonchev–Trinajstić information content (AvgIpc) is 2.43. The fourth-order valence-corrected chi connectivity index (χ4v) is 4.40. The van der Waals surface area contributed by atoms with Crippen LogP contribution in [0.3, 0.4) is 0 Å². The van der Waals surface area contributed by atoms with E-state index >= 15 is 0 Å². The number of unbranched alkanes of at least 4 members (excludes halogenated alkanes) is 1. The molecule has 0 heterocycles. The van der Waals surface area contributed by atoms with E-state index < -0.39 is 0 Å². The molecule has 0 radical (unpaired) electrons. The standard InChI is InChI=1S/C22H42/c1-8-9-13-22(6,7)14-12-19(5)16-20-15-18(4)10-11-21(20)17(2)3/h17-18,20-21H,5,8-16H2,1-4,6-7H3. The van der Waals surface area contributed by atoms with Crippen LogP contribution in [-0.2, 0) is 0 Å². The van der Waals surface area contributed by atoms with Crippen molar-refractivity contribution in [1.82, 2.24) is 0 Å². The molecule has 1 aliphatic carbocycles. The Hall–Kier alpha value is -0.260. The maximum absolute atomic E-state index is 4.45. The van der Waals surface area contributed by atoms with Crippen LogP contribution in [0.1, 0.15) is 99.3 Å². The molecule has 130 valence electrons. The van der Waals surface area contributed by atoms with Gasteiger partial charge in [-0.2, -0.15) is 0 Å². The van der Waals surface area contributed by atoms with Gasteiger partial charge in [0.05, 0.1) is 0 Å². The smallest absolute Gasteiger partial charge is 0.0292 e. The van der Waals surface area contributed by atoms with Gasteiger partial charge in [-0.15, -0.1) is 0 Å². The van der Waals surface area contributed by atoms with Crippen LogP contribution < -0.4 is 0 Å². The number of allylic oxidation sites excluding steroid dienone is 1. The van der Waals surface area contributed by atoms with Gasteiger partial charge in [0.2, 0.25) is 0 Å². The Labute approximate surface area is 141 Å². The first-order chi connectivity index (χ1) is 10.2. The molecule has 0 spiro atoms. The van der Waals surface area contributed by atoms with Crippen LogP contribution in [0.5, 0.6) is 0 Å². The van der Waals surface area contributed by atoms with E-state index in [0.29, 0.717) is 5.41 Å². The van der Waals surface area contributed by atoms with Gasteiger partial charge >= 0.3 is 0 Å². The Balaban J connectivity index is 2.45. The lowest BCUT2D eigenvalue weighted by Crippen LogP contribution is -2.28. The van der Waals surface area contributed by atoms with Gasteiger partial charge in [-0.25, -0.2) is 0 Å². The minimum atomic E-state index is 0.496. The Morgan fingerprint density at radius 1 is 1.18 bits per heavy atom. The Morgan fingerprint density at radius 2 is 1.86 bits per heavy atom. The summed E-state index contributed by atoms with van der Waals surface area (Å²) in [4.78, 5) is 0. The lowest BCUT2D eigenvalue weighted by Gasteiger charge is -2.38. The van der Waals surface area contributed by atoms with Gasteiger partial charge in [0.1, 0.15) is 0 Å². The van der Waals surface area contributed by atoms with Crippen molar-refractivity contribution in [1.29, 1.82) is 0 Å². The summed E-state index contributed by atoms with van der Waals surface area (Å²) in [6, 6.07) is 0. The predicted octanol–water partition coefficient (Wildman–Crippen LogP) is 7.64. The van der Waals surface area contributed by atoms with E-state index in [9.17, 15) is 0 Å². The first-order valence-electron chi connectivity index (χ1n) is 9.91. The first-order valence-corrected chi connectivity index (χ1v) is 9.91. The van der Waals surface area contributed by atoms with E-state index in [1.807, 2.05) is 0 Å². The van der Waals surface area contributed by atoms with E-state index in [4.69, 9.17) is 0 Å². The highest BCUT2D eigenvalue weighted by atomic mass is 14.4. The van der Waals surface area contributed by atoms with Crippen molar-refractivity contribution < 1.29 is 0 Å². The topological polar surface area (TPSA) is 0 Å². The second kappa shape index (κ2) is 9.14. The molecular weight excluding hydrogens is 264 g/mol. The second-order valence-electron chi connectivity index (χ2n) is 9.31. The molecule has 1 fully saturated rings. The molecule has 0 aromatic carbocycles. The van der Waals surface area contributed by atoms with Gasteiger partial charge < -0.3 is 0 Å². The normalized spacial score (nSPS) is 26.4. The molecule has 0 N–H and O–H groups in total. The maximum atomic E-state index is 4.45. The van der Waals surface area contributed by atoms with Crippen LogP contribution in [0.4, 0.5) is 0 Å². The summed E-state index contributed by atoms with van der Waals surface area (Å²) in [5.41, 5.74) is 2.02. The molecule has 1 saturated carbocycles. The van der Waals surface area contributed by atoms with Crippen LogP contribution in [0, 0.1) is 29.1 Å². The van der Waals surface area contributed by atoms with E-state index in [2.05, 4.69) is 48.1 Å². The van der Waals surface area contributed by atoms with Gasteiger partial charge in [-0.1, -0.05) is 73.0 Å². The van der Waals surface area contributed by atoms with E-state index in [0.717, 1.165) is 23.7 Å². The zero-order valence-corrected chi connectivity index (χ0v) is 16.4. The molecule has 0 amide bonds. The van der Waals surface area contributed by atoms with Gasteiger partial charge in [-0.05, 0) is 67.6 Å². The van der Waals surface area contributed by atoms with Gasteiger partial charge in [0.25, 0.3) is 0 Å². The molecule has 1 rings (SSSR count). The quantitative estimate of drug-likeness (QED) is 0.384. The van der Waals surface area contributed by atoms with Crippen molar-refractivity contribution in [2.75, 3.05) is 0 Å². The molecule has 1 aliphatic rings. The van der Waals surface area contributed by atoms with Crippen LogP contribution >= 0.6 is 0 Å². The molecule has 0 aromatic heterocycles. The Bertz CT molecular complexity index is 323. The van der Waals surface area contributed by atoms with Crippen LogP contribution in [0.2, 0.25) is 0 Å². The fourth-order valence-electron chi connectivity index (χ4n) is 4.40. The highest BCUT2D eigenvalue weighted by Crippen LogP contribution is 2.42. The largest absolute Gasteiger partial charge is 0.0999 e. The summed E-state index contributed by atoms with van der Waals surface area (Å²) in [6.45, 7) is 18.9. The van der Waals surface area contributed by atoms with Crippen molar-refractivity contribution in [3.63, 3.8) is 0 Å². The molecule has 0 aliphatic heterocycles. The van der Waals surface area contributed by atoms with Crippen LogP contribution in [0.15, 0.2) is 12.2 Å². The molecule has 0 nitrogen and oxygen atoms in total. The van der Waals surface area contributed by atoms with Crippen LogP contribution in [0.25, 0.3) is 0 Å². The zero-order valence-electron chi connectivity index (χ0n) is 16.4. The Kier molecular flexibility index (Phi) is 8.22. The van der Waals surface area contributed by atoms with Crippen molar-refractivity contribution in [2.45, 2.75) is 99.3 Å². The third kappa shape index (κ3) is 6.88. The molecular formula is C22H42. The average molecular weight is 307 g/mol. The van der Waals surface area contributed by atoms with Gasteiger partial charge in [0.15, 0.2) is 0 Å². The molecule has 0 heteroatoms. The molecule has 0 saturated heterocycles. The van der Waals surface area contributed by atoms with Gasteiger partial charge in [0, 0.05) is 0 Å². The SMILES string of the molecule is C=C(CCC(C)(C)CCCC)CC1CC(C)CCC1C(C)C. The molecule has 3 unspecified atom stereocenters. The molecule has 3 atom stereocenters. The predicted molar refractivity (Wildman–Crippen MR) is 101 cm³/mol. The minimum absolute atomic E-state index is 0.496. The summed E-state index contributed by atoms with van der Waals surface area (Å²) in [5.74, 6) is 3.59. The highest BCUT2D eigenvalue weighted by Gasteiger charge is 2.31. The summed E-state index contributed by atoms with van der Waals surface area (Å²) >= 11 is 0. The number of hydrogen-bond donors (Lipinski definition) is 0. The zero-order chi connectivity index (χ0) is 16.8. The highest BCUT2D eigenvalue weighted by molar-refractivity contribution is 4.99. The summed E-state index contributed by atoms with van der Waals surface area (Å²) in [5, 5.41) is 0. The number of rotatable bonds is 9. The van der Waals surface area contributed by atoms with Crippen molar-refractivity contribution in [3.05, 3.63) is 12.2 Å². The van der Waals surface area contributed by atoms with Gasteiger partial charge in [-0.3, -0.25) is 0 Å². The van der Waals surface area contributed by atoms with Crippen molar-refractivity contribution in [2.24, 2.45) is 29.1 Å². The summed E-state index contributed by atoms with van der Waals surface area (Å²) in [7, 11) is 0. The third-order valence-corrected chi connectivity index (χ3v) is 6.07. The lowest BCUT2D eigenvalue weighted by atomic mass is 9.68. The summed E-state index contributed by atoms with van der Waals surface area (Å²) in [6.07, 6.45) is 12.2. The van der Waals surface area contributed by atoms with Crippen molar-refractivity contribution >= 4 is 0 Å². The number of hydrogen-bond acceptors (Lipinski definition) is 0. The summed E-state index contributed by atoms with van der Waals surface area (Å²) < 4.78 is 0. The third-order valence-electron chi connectivity index (χ3n) is 6.07. The van der Waals surface area contributed by atoms with E-state index in [1.54, 1.807) is 0 Å².